The van der Waals surface area contributed by atoms with Gasteiger partial charge in [0.2, 0.25) is 8.53 Å². The van der Waals surface area contributed by atoms with Crippen molar-refractivity contribution in [1.29, 1.82) is 0 Å². The van der Waals surface area contributed by atoms with Crippen molar-refractivity contribution in [2.75, 3.05) is 74.4 Å². The molecule has 4 unspecified atom stereocenters. The summed E-state index contributed by atoms with van der Waals surface area (Å²) >= 11 is 3.26. The molecule has 17 nitrogen and oxygen atoms in total. The Bertz CT molecular complexity index is 4010. The number of rotatable bonds is 32. The SMILES string of the molecule is CCCCN(CCCC)c1c2c(c(OC)c(OC)c1C(c1ccccc1)(c1ccccc1)c1ccccc1)Sc1ccccc1N2N(C(C)O)C(C)O.CCCCN(CCCC)c1c2c(c(OC)c(OC)c1C(c1ccccc1)(c1ccccc1)c1ccccc1)Sc1ccccc1N2N(C(C)O)C(C)O.NP(O)O. The lowest BCUT2D eigenvalue weighted by atomic mass is 9.64. The van der Waals surface area contributed by atoms with Gasteiger partial charge in [0.05, 0.1) is 83.2 Å². The molecule has 8 N–H and O–H groups in total. The van der Waals surface area contributed by atoms with E-state index in [4.69, 9.17) is 28.7 Å². The Morgan fingerprint density at radius 2 is 0.582 bits per heavy atom. The molecule has 12 rings (SSSR count). The van der Waals surface area contributed by atoms with Crippen LogP contribution in [-0.2, 0) is 10.8 Å². The van der Waals surface area contributed by atoms with E-state index >= 15 is 0 Å². The van der Waals surface area contributed by atoms with Crippen LogP contribution >= 0.6 is 32.0 Å². The van der Waals surface area contributed by atoms with Gasteiger partial charge >= 0.3 is 0 Å². The average Bonchev–Trinajstić information content (AvgIpc) is 0.698. The second kappa shape index (κ2) is 39.5. The maximum Gasteiger partial charge on any atom is 0.247 e. The van der Waals surface area contributed by atoms with Gasteiger partial charge in [0.1, 0.15) is 24.9 Å². The molecule has 582 valence electrons. The molecule has 2 heterocycles. The van der Waals surface area contributed by atoms with E-state index in [1.165, 1.54) is 0 Å². The number of hydrazine groups is 2. The molecule has 0 saturated carbocycles. The molecule has 0 radical (unpaired) electrons. The Morgan fingerprint density at radius 3 is 0.791 bits per heavy atom. The lowest BCUT2D eigenvalue weighted by molar-refractivity contribution is -0.0854. The van der Waals surface area contributed by atoms with Crippen LogP contribution in [0.2, 0.25) is 0 Å². The molecule has 0 bridgehead atoms. The van der Waals surface area contributed by atoms with Crippen LogP contribution in [0, 0.1) is 0 Å². The summed E-state index contributed by atoms with van der Waals surface area (Å²) in [6.07, 6.45) is 3.82. The van der Waals surface area contributed by atoms with Gasteiger partial charge in [-0.3, -0.25) is 15.5 Å². The zero-order chi connectivity index (χ0) is 78.7. The number of hydrogen-bond acceptors (Lipinski definition) is 19. The number of benzene rings is 10. The lowest BCUT2D eigenvalue weighted by Gasteiger charge is -2.48. The van der Waals surface area contributed by atoms with Crippen molar-refractivity contribution in [2.24, 2.45) is 5.50 Å². The van der Waals surface area contributed by atoms with Gasteiger partial charge in [-0.15, -0.1) is 0 Å². The Balaban J connectivity index is 0.000000223. The van der Waals surface area contributed by atoms with Gasteiger partial charge in [0, 0.05) is 47.1 Å². The highest BCUT2D eigenvalue weighted by Crippen LogP contribution is 2.67. The van der Waals surface area contributed by atoms with E-state index in [2.05, 4.69) is 249 Å². The third-order valence-electron chi connectivity index (χ3n) is 20.2. The summed E-state index contributed by atoms with van der Waals surface area (Å²) in [5, 5.41) is 53.5. The van der Waals surface area contributed by atoms with Gasteiger partial charge < -0.3 is 59.0 Å². The minimum Gasteiger partial charge on any atom is -0.492 e. The van der Waals surface area contributed by atoms with E-state index < -0.39 is 44.3 Å². The van der Waals surface area contributed by atoms with Crippen molar-refractivity contribution in [3.63, 3.8) is 0 Å². The Kier molecular flexibility index (Phi) is 30.1. The van der Waals surface area contributed by atoms with E-state index in [0.717, 1.165) is 176 Å². The first-order valence-electron chi connectivity index (χ1n) is 38.3. The predicted octanol–water partition coefficient (Wildman–Crippen LogP) is 19.1. The first-order valence-corrected chi connectivity index (χ1v) is 41.2. The molecule has 0 aliphatic carbocycles. The van der Waals surface area contributed by atoms with Crippen LogP contribution in [0.4, 0.5) is 34.1 Å². The summed E-state index contributed by atoms with van der Waals surface area (Å²) in [6.45, 7) is 18.9. The molecule has 20 heteroatoms. The summed E-state index contributed by atoms with van der Waals surface area (Å²) < 4.78 is 26.4. The van der Waals surface area contributed by atoms with Crippen LogP contribution in [0.15, 0.2) is 250 Å². The van der Waals surface area contributed by atoms with Gasteiger partial charge in [-0.25, -0.2) is 0 Å². The van der Waals surface area contributed by atoms with Gasteiger partial charge in [0.15, 0.2) is 23.0 Å². The van der Waals surface area contributed by atoms with E-state index in [-0.39, 0.29) is 0 Å². The lowest BCUT2D eigenvalue weighted by Crippen LogP contribution is -2.52. The monoisotopic (exact) mass is 1540 g/mol. The largest absolute Gasteiger partial charge is 0.492 e. The molecule has 10 aromatic carbocycles. The fourth-order valence-electron chi connectivity index (χ4n) is 15.7. The van der Waals surface area contributed by atoms with Crippen LogP contribution in [0.5, 0.6) is 23.0 Å². The van der Waals surface area contributed by atoms with E-state index in [1.807, 2.05) is 34.3 Å². The molecule has 10 aromatic rings. The normalized spacial score (nSPS) is 13.5. The number of nitrogens with zero attached hydrogens (tertiary/aromatic N) is 6. The fourth-order valence-corrected chi connectivity index (χ4v) is 18.0. The molecular weight excluding hydrogens is 1430 g/mol. The number of ether oxygens (including phenoxy) is 4. The van der Waals surface area contributed by atoms with Crippen LogP contribution < -0.4 is 44.3 Å². The van der Waals surface area contributed by atoms with Crippen molar-refractivity contribution < 1.29 is 49.2 Å². The molecule has 2 aliphatic rings. The Labute approximate surface area is 661 Å². The van der Waals surface area contributed by atoms with Crippen LogP contribution in [0.25, 0.3) is 0 Å². The molecular formula is C90H110N7O10PS2. The van der Waals surface area contributed by atoms with E-state index in [0.29, 0.717) is 23.0 Å². The first-order chi connectivity index (χ1) is 53.4. The van der Waals surface area contributed by atoms with Crippen molar-refractivity contribution in [2.45, 2.75) is 162 Å². The van der Waals surface area contributed by atoms with Crippen molar-refractivity contribution in [3.8, 4) is 23.0 Å². The van der Waals surface area contributed by atoms with Crippen LogP contribution in [0.3, 0.4) is 0 Å². The molecule has 0 saturated heterocycles. The predicted molar refractivity (Wildman–Crippen MR) is 451 cm³/mol. The number of aliphatic hydroxyl groups excluding tert-OH is 4. The first kappa shape index (κ1) is 83.8. The smallest absolute Gasteiger partial charge is 0.247 e. The van der Waals surface area contributed by atoms with Gasteiger partial charge in [-0.05, 0) is 111 Å². The summed E-state index contributed by atoms with van der Waals surface area (Å²) in [4.78, 5) is 23.6. The average molecular weight is 1550 g/mol. The maximum absolute atomic E-state index is 11.5. The summed E-state index contributed by atoms with van der Waals surface area (Å²) in [5.41, 5.74) is 16.1. The molecule has 0 fully saturated rings. The zero-order valence-electron chi connectivity index (χ0n) is 65.6. The van der Waals surface area contributed by atoms with E-state index in [9.17, 15) is 20.4 Å². The zero-order valence-corrected chi connectivity index (χ0v) is 68.1. The molecule has 0 spiro atoms. The van der Waals surface area contributed by atoms with Crippen LogP contribution in [0.1, 0.15) is 151 Å². The van der Waals surface area contributed by atoms with E-state index in [1.54, 1.807) is 89.7 Å². The Morgan fingerprint density at radius 1 is 0.364 bits per heavy atom. The number of aliphatic hydroxyl groups is 4. The quantitative estimate of drug-likeness (QED) is 0.0119. The third kappa shape index (κ3) is 17.1. The summed E-state index contributed by atoms with van der Waals surface area (Å²) in [7, 11) is 4.76. The van der Waals surface area contributed by atoms with Gasteiger partial charge in [-0.2, -0.15) is 10.0 Å². The third-order valence-corrected chi connectivity index (χ3v) is 22.5. The second-order valence-electron chi connectivity index (χ2n) is 27.4. The number of hydrogen-bond donors (Lipinski definition) is 7. The second-order valence-corrected chi connectivity index (χ2v) is 30.1. The van der Waals surface area contributed by atoms with Crippen molar-refractivity contribution in [3.05, 3.63) is 275 Å². The molecule has 110 heavy (non-hydrogen) atoms. The highest BCUT2D eigenvalue weighted by molar-refractivity contribution is 8.00. The fraction of sp³-hybridized carbons (Fsp3) is 0.333. The van der Waals surface area contributed by atoms with Crippen molar-refractivity contribution >= 4 is 66.2 Å². The minimum absolute atomic E-state index is 0.597. The molecule has 2 aliphatic heterocycles. The molecule has 4 atom stereocenters. The van der Waals surface area contributed by atoms with Gasteiger partial charge in [-0.1, -0.05) is 283 Å². The number of nitrogens with two attached hydrogens (primary N) is 1. The number of fused-ring (bicyclic) bond motifs is 4. The summed E-state index contributed by atoms with van der Waals surface area (Å²) in [6, 6.07) is 80.4. The number of anilines is 6. The number of para-hydroxylation sites is 2. The highest BCUT2D eigenvalue weighted by Gasteiger charge is 2.52. The number of unbranched alkanes of at least 4 members (excludes halogenated alkanes) is 4. The highest BCUT2D eigenvalue weighted by atomic mass is 32.2. The molecule has 0 amide bonds. The molecule has 0 aromatic heterocycles. The Hall–Kier alpha value is -8.63. The maximum atomic E-state index is 11.5. The van der Waals surface area contributed by atoms with Crippen LogP contribution in [-0.4, -0.2) is 120 Å². The topological polar surface area (TPSA) is 204 Å². The van der Waals surface area contributed by atoms with Crippen molar-refractivity contribution in [1.82, 2.24) is 10.0 Å². The standard InChI is InChI=1S/2C45H53N3O4S.H4NO2P/c2*1-7-9-30-46(31-10-8-2)40-39(45(34-22-14-11-15-23-34,35-24-16-12-17-25-35)36-26-18-13-19-27-36)42(51-5)43(52-6)44-41(40)48(47(32(3)49)33(4)50)37-28-20-21-29-38(37)53-44;1-4(2)3/h2*11-29,32-33,49-50H,7-10,30-31H2,1-6H3;2-3H,1H2. The summed E-state index contributed by atoms with van der Waals surface area (Å²) in [5.74, 6) is 2.48. The number of methoxy groups -OCH3 is 4. The minimum atomic E-state index is -2.12. The van der Waals surface area contributed by atoms with Gasteiger partial charge in [0.25, 0.3) is 0 Å².